The van der Waals surface area contributed by atoms with Gasteiger partial charge in [0.15, 0.2) is 5.78 Å². The van der Waals surface area contributed by atoms with Crippen LogP contribution in [0.2, 0.25) is 0 Å². The normalized spacial score (nSPS) is 55.1. The Labute approximate surface area is 210 Å². The molecule has 0 radical (unpaired) electrons. The molecule has 0 saturated heterocycles. The highest BCUT2D eigenvalue weighted by Crippen LogP contribution is 2.75. The number of aliphatic carboxylic acids is 1. The molecule has 0 aromatic heterocycles. The fourth-order valence-corrected chi connectivity index (χ4v) is 10.8. The van der Waals surface area contributed by atoms with Gasteiger partial charge in [-0.15, -0.1) is 0 Å². The van der Waals surface area contributed by atoms with E-state index in [1.807, 2.05) is 6.92 Å². The minimum Gasteiger partial charge on any atom is -0.481 e. The Hall–Kier alpha value is -1.20. The predicted molar refractivity (Wildman–Crippen MR) is 134 cm³/mol. The Morgan fingerprint density at radius 2 is 1.63 bits per heavy atom. The van der Waals surface area contributed by atoms with Crippen LogP contribution in [0, 0.1) is 50.7 Å². The Kier molecular flexibility index (Phi) is 5.25. The summed E-state index contributed by atoms with van der Waals surface area (Å²) in [6.07, 6.45) is 7.35. The summed E-state index contributed by atoms with van der Waals surface area (Å²) in [4.78, 5) is 25.9. The molecule has 5 nitrogen and oxygen atoms in total. The van der Waals surface area contributed by atoms with Crippen molar-refractivity contribution in [2.24, 2.45) is 50.7 Å². The lowest BCUT2D eigenvalue weighted by molar-refractivity contribution is -0.215. The first-order valence-corrected chi connectivity index (χ1v) is 13.9. The number of aliphatic hydroxyl groups is 2. The van der Waals surface area contributed by atoms with Gasteiger partial charge in [-0.25, -0.2) is 0 Å². The summed E-state index contributed by atoms with van der Waals surface area (Å²) in [6, 6.07) is 0. The number of carboxylic acid groups (broad SMARTS) is 1. The van der Waals surface area contributed by atoms with Crippen molar-refractivity contribution < 1.29 is 24.9 Å². The standard InChI is InChI=1S/C30H46O5/c1-17-10-13-30(24(33)34)15-14-27(5)18(22(30)29(17,7)35)8-9-21-26(4)16-19(31)23(32)25(2,3)20(26)11-12-28(21,27)6/h8,17,20-23,32,35H,9-16H2,1-7H3,(H,33,34)/t17-,20?,21-,22-,23?,26+,27-,28-,29-,30+/m1/s1. The maximum Gasteiger partial charge on any atom is 0.310 e. The minimum atomic E-state index is -1.07. The van der Waals surface area contributed by atoms with Crippen molar-refractivity contribution in [1.29, 1.82) is 0 Å². The van der Waals surface area contributed by atoms with Crippen molar-refractivity contribution >= 4 is 11.8 Å². The van der Waals surface area contributed by atoms with E-state index in [4.69, 9.17) is 0 Å². The Bertz CT molecular complexity index is 995. The molecule has 5 aliphatic rings. The fourth-order valence-electron chi connectivity index (χ4n) is 10.8. The molecule has 5 aliphatic carbocycles. The maximum atomic E-state index is 13.1. The van der Waals surface area contributed by atoms with Gasteiger partial charge < -0.3 is 15.3 Å². The third-order valence-corrected chi connectivity index (χ3v) is 13.2. The highest BCUT2D eigenvalue weighted by molar-refractivity contribution is 5.85. The number of carbonyl (C=O) groups is 2. The fraction of sp³-hybridized carbons (Fsp3) is 0.867. The van der Waals surface area contributed by atoms with Crippen LogP contribution in [-0.4, -0.2) is 38.8 Å². The number of carboxylic acids is 1. The largest absolute Gasteiger partial charge is 0.481 e. The Morgan fingerprint density at radius 1 is 0.971 bits per heavy atom. The van der Waals surface area contributed by atoms with Crippen molar-refractivity contribution in [1.82, 2.24) is 0 Å². The van der Waals surface area contributed by atoms with Crippen LogP contribution < -0.4 is 0 Å². The van der Waals surface area contributed by atoms with Gasteiger partial charge in [-0.3, -0.25) is 9.59 Å². The number of carbonyl (C=O) groups excluding carboxylic acids is 1. The number of ketones is 1. The van der Waals surface area contributed by atoms with E-state index >= 15 is 0 Å². The number of allylic oxidation sites excluding steroid dienone is 1. The Morgan fingerprint density at radius 3 is 2.26 bits per heavy atom. The molecule has 0 amide bonds. The second-order valence-electron chi connectivity index (χ2n) is 14.7. The smallest absolute Gasteiger partial charge is 0.310 e. The summed E-state index contributed by atoms with van der Waals surface area (Å²) in [7, 11) is 0. The van der Waals surface area contributed by atoms with Crippen molar-refractivity contribution in [2.75, 3.05) is 0 Å². The van der Waals surface area contributed by atoms with Gasteiger partial charge in [-0.1, -0.05) is 53.2 Å². The average molecular weight is 487 g/mol. The van der Waals surface area contributed by atoms with Gasteiger partial charge in [0.1, 0.15) is 6.10 Å². The number of hydrogen-bond acceptors (Lipinski definition) is 4. The predicted octanol–water partition coefficient (Wildman–Crippen LogP) is 5.38. The summed E-state index contributed by atoms with van der Waals surface area (Å²) in [6.45, 7) is 15.1. The van der Waals surface area contributed by atoms with Gasteiger partial charge in [-0.05, 0) is 85.9 Å². The first kappa shape index (κ1) is 25.4. The van der Waals surface area contributed by atoms with Gasteiger partial charge in [0.05, 0.1) is 11.0 Å². The van der Waals surface area contributed by atoms with E-state index in [-0.39, 0.29) is 45.7 Å². The summed E-state index contributed by atoms with van der Waals surface area (Å²) < 4.78 is 0. The van der Waals surface area contributed by atoms with E-state index in [0.29, 0.717) is 19.3 Å². The number of aliphatic hydroxyl groups excluding tert-OH is 1. The number of Topliss-reactive ketones (excluding diaryl/α,β-unsaturated/α-hetero) is 1. The summed E-state index contributed by atoms with van der Waals surface area (Å²) in [5.74, 6) is -0.588. The summed E-state index contributed by atoms with van der Waals surface area (Å²) in [5.41, 5.74) is -1.78. The van der Waals surface area contributed by atoms with Crippen molar-refractivity contribution in [3.8, 4) is 0 Å². The van der Waals surface area contributed by atoms with Gasteiger partial charge in [0.25, 0.3) is 0 Å². The van der Waals surface area contributed by atoms with Gasteiger partial charge in [0, 0.05) is 17.8 Å². The molecule has 0 heterocycles. The Balaban J connectivity index is 1.65. The molecular formula is C30H46O5. The molecule has 5 heteroatoms. The lowest BCUT2D eigenvalue weighted by atomic mass is 9.33. The van der Waals surface area contributed by atoms with E-state index < -0.39 is 28.5 Å². The summed E-state index contributed by atoms with van der Waals surface area (Å²) >= 11 is 0. The monoisotopic (exact) mass is 486 g/mol. The van der Waals surface area contributed by atoms with Crippen LogP contribution in [-0.2, 0) is 9.59 Å². The molecule has 0 spiro atoms. The van der Waals surface area contributed by atoms with Gasteiger partial charge >= 0.3 is 5.97 Å². The molecule has 3 N–H and O–H groups in total. The van der Waals surface area contributed by atoms with Crippen LogP contribution in [0.1, 0.15) is 99.8 Å². The topological polar surface area (TPSA) is 94.8 Å². The quantitative estimate of drug-likeness (QED) is 0.432. The molecule has 2 unspecified atom stereocenters. The number of hydrogen-bond donors (Lipinski definition) is 3. The van der Waals surface area contributed by atoms with Crippen LogP contribution in [0.25, 0.3) is 0 Å². The van der Waals surface area contributed by atoms with E-state index in [9.17, 15) is 24.9 Å². The van der Waals surface area contributed by atoms with Crippen molar-refractivity contribution in [3.05, 3.63) is 11.6 Å². The zero-order chi connectivity index (χ0) is 26.0. The van der Waals surface area contributed by atoms with Gasteiger partial charge in [0.2, 0.25) is 0 Å². The maximum absolute atomic E-state index is 13.1. The van der Waals surface area contributed by atoms with Crippen molar-refractivity contribution in [2.45, 2.75) is 112 Å². The highest BCUT2D eigenvalue weighted by atomic mass is 16.4. The third-order valence-electron chi connectivity index (χ3n) is 13.2. The highest BCUT2D eigenvalue weighted by Gasteiger charge is 2.71. The molecule has 0 aromatic carbocycles. The van der Waals surface area contributed by atoms with Gasteiger partial charge in [-0.2, -0.15) is 0 Å². The first-order chi connectivity index (χ1) is 16.0. The molecule has 0 bridgehead atoms. The minimum absolute atomic E-state index is 0.0319. The molecule has 4 fully saturated rings. The second kappa shape index (κ2) is 7.22. The first-order valence-electron chi connectivity index (χ1n) is 13.9. The van der Waals surface area contributed by atoms with Crippen molar-refractivity contribution in [3.63, 3.8) is 0 Å². The van der Waals surface area contributed by atoms with Crippen LogP contribution >= 0.6 is 0 Å². The molecule has 4 saturated carbocycles. The molecule has 35 heavy (non-hydrogen) atoms. The molecule has 10 atom stereocenters. The molecule has 196 valence electrons. The molecule has 0 aromatic rings. The van der Waals surface area contributed by atoms with Crippen LogP contribution in [0.15, 0.2) is 11.6 Å². The summed E-state index contributed by atoms with van der Waals surface area (Å²) in [5, 5.41) is 33.2. The molecular weight excluding hydrogens is 440 g/mol. The number of fused-ring (bicyclic) bond motifs is 7. The van der Waals surface area contributed by atoms with E-state index in [1.165, 1.54) is 5.57 Å². The van der Waals surface area contributed by atoms with Crippen LogP contribution in [0.4, 0.5) is 0 Å². The zero-order valence-corrected chi connectivity index (χ0v) is 22.8. The third kappa shape index (κ3) is 2.83. The SMILES string of the molecule is C[C@@H]1CC[C@]2(C(=O)O)CC[C@]3(C)C(=CC[C@@H]4[C@@]5(C)CC(=O)C(O)C(C)(C)C5CC[C@]43C)[C@@H]2[C@]1(C)O. The zero-order valence-electron chi connectivity index (χ0n) is 22.8. The second-order valence-corrected chi connectivity index (χ2v) is 14.7. The van der Waals surface area contributed by atoms with E-state index in [2.05, 4.69) is 47.6 Å². The van der Waals surface area contributed by atoms with Crippen LogP contribution in [0.3, 0.4) is 0 Å². The molecule has 0 aliphatic heterocycles. The van der Waals surface area contributed by atoms with Crippen LogP contribution in [0.5, 0.6) is 0 Å². The van der Waals surface area contributed by atoms with E-state index in [0.717, 1.165) is 32.1 Å². The lowest BCUT2D eigenvalue weighted by Crippen LogP contribution is -2.68. The van der Waals surface area contributed by atoms with E-state index in [1.54, 1.807) is 0 Å². The number of rotatable bonds is 1. The lowest BCUT2D eigenvalue weighted by Gasteiger charge is -2.71. The average Bonchev–Trinajstić information content (AvgIpc) is 2.75. The molecule has 5 rings (SSSR count).